The van der Waals surface area contributed by atoms with Gasteiger partial charge in [-0.2, -0.15) is 0 Å². The molecule has 2 aromatic carbocycles. The lowest BCUT2D eigenvalue weighted by Gasteiger charge is -2.45. The predicted molar refractivity (Wildman–Crippen MR) is 139 cm³/mol. The largest absolute Gasteiger partial charge is 0.507 e. The fraction of sp³-hybridized carbons (Fsp3) is 0.444. The highest BCUT2D eigenvalue weighted by Crippen LogP contribution is 2.36. The Balaban J connectivity index is 1.48. The summed E-state index contributed by atoms with van der Waals surface area (Å²) in [5, 5.41) is 91.2. The minimum Gasteiger partial charge on any atom is -0.507 e. The Morgan fingerprint density at radius 1 is 0.786 bits per heavy atom. The zero-order chi connectivity index (χ0) is 30.5. The average Bonchev–Trinajstić information content (AvgIpc) is 2.95. The van der Waals surface area contributed by atoms with Crippen LogP contribution >= 0.6 is 0 Å². The first-order valence-electron chi connectivity index (χ1n) is 12.9. The van der Waals surface area contributed by atoms with Gasteiger partial charge in [0.15, 0.2) is 29.3 Å². The van der Waals surface area contributed by atoms with Gasteiger partial charge in [0.25, 0.3) is 0 Å². The number of rotatable bonds is 6. The first-order valence-corrected chi connectivity index (χ1v) is 12.9. The summed E-state index contributed by atoms with van der Waals surface area (Å²) in [6, 6.07) is 7.08. The lowest BCUT2D eigenvalue weighted by atomic mass is 9.97. The van der Waals surface area contributed by atoms with E-state index in [0.29, 0.717) is 0 Å². The van der Waals surface area contributed by atoms with E-state index >= 15 is 0 Å². The molecule has 0 spiro atoms. The van der Waals surface area contributed by atoms with Crippen molar-refractivity contribution in [3.63, 3.8) is 0 Å². The normalized spacial score (nSPS) is 33.5. The molecule has 3 heterocycles. The summed E-state index contributed by atoms with van der Waals surface area (Å²) in [6.07, 6.45) is -15.5. The van der Waals surface area contributed by atoms with Crippen molar-refractivity contribution in [2.75, 3.05) is 6.61 Å². The van der Waals surface area contributed by atoms with E-state index in [9.17, 15) is 50.8 Å². The van der Waals surface area contributed by atoms with Gasteiger partial charge in [-0.15, -0.1) is 0 Å². The van der Waals surface area contributed by atoms with Crippen LogP contribution in [-0.2, 0) is 14.2 Å². The van der Waals surface area contributed by atoms with E-state index in [2.05, 4.69) is 0 Å². The monoisotopic (exact) mass is 594 g/mol. The Morgan fingerprint density at radius 3 is 2.21 bits per heavy atom. The Bertz CT molecular complexity index is 1490. The second kappa shape index (κ2) is 11.6. The van der Waals surface area contributed by atoms with Crippen LogP contribution in [0.25, 0.3) is 22.3 Å². The molecule has 5 rings (SSSR count). The minimum absolute atomic E-state index is 0.0216. The third-order valence-electron chi connectivity index (χ3n) is 7.22. The number of aromatic hydroxyl groups is 3. The molecular weight excluding hydrogens is 564 g/mol. The van der Waals surface area contributed by atoms with Crippen LogP contribution in [0.2, 0.25) is 0 Å². The molecule has 0 aliphatic carbocycles. The zero-order valence-corrected chi connectivity index (χ0v) is 21.9. The van der Waals surface area contributed by atoms with Gasteiger partial charge >= 0.3 is 0 Å². The minimum atomic E-state index is -1.78. The molecule has 10 atom stereocenters. The maximum Gasteiger partial charge on any atom is 0.229 e. The molecule has 2 fully saturated rings. The van der Waals surface area contributed by atoms with Crippen molar-refractivity contribution in [1.82, 2.24) is 0 Å². The average molecular weight is 595 g/mol. The topological polar surface area (TPSA) is 249 Å². The molecule has 0 saturated carbocycles. The smallest absolute Gasteiger partial charge is 0.229 e. The molecule has 0 unspecified atom stereocenters. The Labute approximate surface area is 236 Å². The van der Waals surface area contributed by atoms with E-state index in [1.54, 1.807) is 0 Å². The molecule has 0 amide bonds. The van der Waals surface area contributed by atoms with Crippen LogP contribution in [0, 0.1) is 0 Å². The number of hydrogen-bond acceptors (Lipinski definition) is 15. The van der Waals surface area contributed by atoms with Crippen LogP contribution in [0.5, 0.6) is 23.0 Å². The Kier molecular flexibility index (Phi) is 8.30. The Morgan fingerprint density at radius 2 is 1.52 bits per heavy atom. The van der Waals surface area contributed by atoms with Crippen molar-refractivity contribution >= 4 is 11.0 Å². The van der Waals surface area contributed by atoms with Gasteiger partial charge in [-0.3, -0.25) is 4.79 Å². The van der Waals surface area contributed by atoms with Gasteiger partial charge in [0, 0.05) is 23.8 Å². The van der Waals surface area contributed by atoms with Crippen molar-refractivity contribution in [3.05, 3.63) is 46.6 Å². The number of phenolic OH excluding ortho intramolecular Hbond substituents is 3. The first-order chi connectivity index (χ1) is 19.9. The number of benzene rings is 2. The maximum atomic E-state index is 12.8. The molecular formula is C27H30O15. The number of aliphatic hydroxyl groups is 6. The van der Waals surface area contributed by atoms with Crippen LogP contribution in [0.4, 0.5) is 0 Å². The lowest BCUT2D eigenvalue weighted by Crippen LogP contribution is -2.64. The summed E-state index contributed by atoms with van der Waals surface area (Å²) in [5.41, 5.74) is -0.575. The highest BCUT2D eigenvalue weighted by atomic mass is 16.8. The van der Waals surface area contributed by atoms with Crippen molar-refractivity contribution in [1.29, 1.82) is 0 Å². The molecule has 0 bridgehead atoms. The van der Waals surface area contributed by atoms with E-state index < -0.39 is 84.9 Å². The second-order valence-corrected chi connectivity index (χ2v) is 10.1. The molecule has 2 aliphatic rings. The Hall–Kier alpha value is -3.51. The van der Waals surface area contributed by atoms with Crippen LogP contribution in [0.1, 0.15) is 6.92 Å². The van der Waals surface area contributed by atoms with E-state index in [-0.39, 0.29) is 33.8 Å². The molecule has 1 aromatic heterocycles. The number of aliphatic hydroxyl groups excluding tert-OH is 6. The fourth-order valence-electron chi connectivity index (χ4n) is 4.84. The summed E-state index contributed by atoms with van der Waals surface area (Å²) in [5.74, 6) is -1.60. The van der Waals surface area contributed by atoms with Crippen molar-refractivity contribution in [2.45, 2.75) is 68.3 Å². The first kappa shape index (κ1) is 30.0. The maximum absolute atomic E-state index is 12.8. The molecule has 0 radical (unpaired) electrons. The fourth-order valence-corrected chi connectivity index (χ4v) is 4.84. The molecule has 3 aromatic rings. The molecule has 9 N–H and O–H groups in total. The molecule has 228 valence electrons. The third-order valence-corrected chi connectivity index (χ3v) is 7.22. The van der Waals surface area contributed by atoms with Gasteiger partial charge in [0.2, 0.25) is 6.29 Å². The number of ether oxygens (including phenoxy) is 4. The van der Waals surface area contributed by atoms with Crippen molar-refractivity contribution in [3.8, 4) is 34.3 Å². The zero-order valence-electron chi connectivity index (χ0n) is 21.9. The van der Waals surface area contributed by atoms with E-state index in [4.69, 9.17) is 23.4 Å². The van der Waals surface area contributed by atoms with Gasteiger partial charge in [-0.25, -0.2) is 0 Å². The van der Waals surface area contributed by atoms with E-state index in [0.717, 1.165) is 18.2 Å². The predicted octanol–water partition coefficient (Wildman–Crippen LogP) is -1.39. The molecule has 2 saturated heterocycles. The highest BCUT2D eigenvalue weighted by molar-refractivity contribution is 5.86. The standard InChI is InChI=1S/C27H30O15/c1-9-20(33)22(35)24(37)26(38-9)42-25-23(36)21(34)18(8-28)41-27(25)39-11-5-14(31)19-15(32)7-16(40-17(19)6-11)10-2-3-12(29)13(30)4-10/h2-7,9,18,20-31,33-37H,8H2,1H3/t9-,18+,20+,21-,22-,23-,24-,25-,26+,27+/m1/s1. The number of phenols is 3. The summed E-state index contributed by atoms with van der Waals surface area (Å²) in [6.45, 7) is 0.671. The second-order valence-electron chi connectivity index (χ2n) is 10.1. The van der Waals surface area contributed by atoms with E-state index in [1.165, 1.54) is 25.1 Å². The van der Waals surface area contributed by atoms with E-state index in [1.807, 2.05) is 0 Å². The van der Waals surface area contributed by atoms with Crippen LogP contribution in [0.3, 0.4) is 0 Å². The highest BCUT2D eigenvalue weighted by Gasteiger charge is 2.50. The van der Waals surface area contributed by atoms with Crippen LogP contribution in [0.15, 0.2) is 45.6 Å². The summed E-state index contributed by atoms with van der Waals surface area (Å²) < 4.78 is 28.3. The van der Waals surface area contributed by atoms with Gasteiger partial charge in [-0.1, -0.05) is 0 Å². The van der Waals surface area contributed by atoms with Gasteiger partial charge < -0.3 is 69.3 Å². The van der Waals surface area contributed by atoms with Crippen molar-refractivity contribution < 1.29 is 69.3 Å². The summed E-state index contributed by atoms with van der Waals surface area (Å²) in [4.78, 5) is 12.8. The third kappa shape index (κ3) is 5.49. The molecule has 15 heteroatoms. The van der Waals surface area contributed by atoms with Crippen molar-refractivity contribution in [2.24, 2.45) is 0 Å². The summed E-state index contributed by atoms with van der Waals surface area (Å²) in [7, 11) is 0. The molecule has 42 heavy (non-hydrogen) atoms. The SMILES string of the molecule is C[C@H]1O[C@@H](O[C@H]2[C@@H](Oc3cc(O)c4c(=O)cc(-c5ccc(O)c(O)c5)oc4c3)O[C@@H](CO)[C@@H](O)[C@H]2O)[C@H](O)[C@H](O)[C@H]1O. The van der Waals surface area contributed by atoms with Crippen LogP contribution in [-0.4, -0.2) is 114 Å². The number of hydrogen-bond donors (Lipinski definition) is 9. The van der Waals surface area contributed by atoms with Gasteiger partial charge in [0.05, 0.1) is 12.7 Å². The lowest BCUT2D eigenvalue weighted by molar-refractivity contribution is -0.354. The molecule has 15 nitrogen and oxygen atoms in total. The van der Waals surface area contributed by atoms with Gasteiger partial charge in [-0.05, 0) is 25.1 Å². The quantitative estimate of drug-likeness (QED) is 0.149. The van der Waals surface area contributed by atoms with Gasteiger partial charge in [0.1, 0.15) is 64.9 Å². The molecule has 2 aliphatic heterocycles. The summed E-state index contributed by atoms with van der Waals surface area (Å²) >= 11 is 0. The van der Waals surface area contributed by atoms with Crippen LogP contribution < -0.4 is 10.2 Å². The number of fused-ring (bicyclic) bond motifs is 1.